The van der Waals surface area contributed by atoms with E-state index in [2.05, 4.69) is 0 Å². The third-order valence-corrected chi connectivity index (χ3v) is 6.46. The van der Waals surface area contributed by atoms with Crippen molar-refractivity contribution in [3.05, 3.63) is 29.8 Å². The van der Waals surface area contributed by atoms with Crippen LogP contribution < -0.4 is 0 Å². The molecule has 0 aliphatic carbocycles. The highest BCUT2D eigenvalue weighted by atomic mass is 32.2. The number of hydrogen-bond donors (Lipinski definition) is 0. The Labute approximate surface area is 145 Å². The van der Waals surface area contributed by atoms with Gasteiger partial charge >= 0.3 is 16.4 Å². The number of sulfone groups is 1. The quantitative estimate of drug-likeness (QED) is 0.492. The van der Waals surface area contributed by atoms with Crippen molar-refractivity contribution in [1.29, 1.82) is 0 Å². The van der Waals surface area contributed by atoms with Crippen LogP contribution in [0.1, 0.15) is 31.7 Å². The summed E-state index contributed by atoms with van der Waals surface area (Å²) in [6, 6.07) is 3.06. The van der Waals surface area contributed by atoms with E-state index in [0.717, 1.165) is 12.1 Å². The van der Waals surface area contributed by atoms with Crippen molar-refractivity contribution in [2.45, 2.75) is 47.5 Å². The van der Waals surface area contributed by atoms with Crippen molar-refractivity contribution in [3.63, 3.8) is 0 Å². The Balaban J connectivity index is 3.50. The van der Waals surface area contributed by atoms with Gasteiger partial charge in [-0.15, -0.1) is 0 Å². The molecule has 0 radical (unpaired) electrons. The molecular weight excluding hydrogens is 414 g/mol. The Morgan fingerprint density at radius 3 is 1.69 bits per heavy atom. The minimum atomic E-state index is -7.28. The summed E-state index contributed by atoms with van der Waals surface area (Å²) < 4.78 is 135. The molecule has 0 spiro atoms. The molecule has 1 atom stereocenters. The summed E-state index contributed by atoms with van der Waals surface area (Å²) >= 11 is 0. The largest absolute Gasteiger partial charge is 0.743 e. The van der Waals surface area contributed by atoms with Crippen LogP contribution in [0.3, 0.4) is 0 Å². The van der Waals surface area contributed by atoms with Crippen LogP contribution in [-0.2, 0) is 20.0 Å². The fourth-order valence-electron chi connectivity index (χ4n) is 1.85. The van der Waals surface area contributed by atoms with Crippen LogP contribution in [0.2, 0.25) is 0 Å². The summed E-state index contributed by atoms with van der Waals surface area (Å²) in [5, 5.41) is -13.4. The molecule has 0 aromatic heterocycles. The minimum absolute atomic E-state index is 0.136. The third-order valence-electron chi connectivity index (χ3n) is 3.75. The summed E-state index contributed by atoms with van der Waals surface area (Å²) in [7, 11) is -13.7. The van der Waals surface area contributed by atoms with E-state index in [1.54, 1.807) is 13.8 Å². The number of benzene rings is 1. The Kier molecular flexibility index (Phi) is 5.83. The molecule has 1 rings (SSSR count). The van der Waals surface area contributed by atoms with Gasteiger partial charge in [0, 0.05) is 0 Å². The van der Waals surface area contributed by atoms with Crippen LogP contribution in [0.5, 0.6) is 0 Å². The van der Waals surface area contributed by atoms with Gasteiger partial charge in [-0.3, -0.25) is 0 Å². The summed E-state index contributed by atoms with van der Waals surface area (Å²) in [4.78, 5) is -1.44. The Bertz CT molecular complexity index is 863. The van der Waals surface area contributed by atoms with Crippen LogP contribution in [0, 0.1) is 0 Å². The fourth-order valence-corrected chi connectivity index (χ4v) is 3.62. The molecule has 0 N–H and O–H groups in total. The molecule has 0 bridgehead atoms. The molecule has 26 heavy (non-hydrogen) atoms. The molecule has 1 unspecified atom stereocenters. The lowest BCUT2D eigenvalue weighted by Gasteiger charge is -2.33. The molecule has 0 aliphatic heterocycles. The lowest BCUT2D eigenvalue weighted by molar-refractivity contribution is -0.245. The molecule has 5 nitrogen and oxygen atoms in total. The third kappa shape index (κ3) is 3.31. The van der Waals surface area contributed by atoms with Crippen LogP contribution in [0.4, 0.5) is 26.3 Å². The van der Waals surface area contributed by atoms with Gasteiger partial charge in [-0.1, -0.05) is 26.0 Å². The van der Waals surface area contributed by atoms with Crippen LogP contribution in [0.15, 0.2) is 29.2 Å². The summed E-state index contributed by atoms with van der Waals surface area (Å²) in [5.74, 6) is -7.14. The normalized spacial score (nSPS) is 15.7. The molecule has 0 fully saturated rings. The highest BCUT2D eigenvalue weighted by Crippen LogP contribution is 2.52. The van der Waals surface area contributed by atoms with E-state index in [1.165, 1.54) is 0 Å². The minimum Gasteiger partial charge on any atom is -0.743 e. The van der Waals surface area contributed by atoms with E-state index in [-0.39, 0.29) is 5.92 Å². The lowest BCUT2D eigenvalue weighted by atomic mass is 9.99. The van der Waals surface area contributed by atoms with E-state index in [0.29, 0.717) is 24.1 Å². The molecule has 0 heterocycles. The molecule has 13 heteroatoms. The first-order valence-electron chi connectivity index (χ1n) is 6.88. The van der Waals surface area contributed by atoms with Crippen molar-refractivity contribution in [2.24, 2.45) is 0 Å². The van der Waals surface area contributed by atoms with Crippen molar-refractivity contribution in [2.75, 3.05) is 0 Å². The molecule has 0 aliphatic rings. The maximum Gasteiger partial charge on any atom is 0.418 e. The van der Waals surface area contributed by atoms with Crippen molar-refractivity contribution in [1.82, 2.24) is 0 Å². The van der Waals surface area contributed by atoms with Gasteiger partial charge < -0.3 is 4.55 Å². The molecule has 0 saturated carbocycles. The fraction of sp³-hybridized carbons (Fsp3) is 0.538. The zero-order valence-corrected chi connectivity index (χ0v) is 14.9. The van der Waals surface area contributed by atoms with Gasteiger partial charge in [0.1, 0.15) is 0 Å². The molecule has 0 saturated heterocycles. The number of halogens is 6. The van der Waals surface area contributed by atoms with Crippen molar-refractivity contribution >= 4 is 20.0 Å². The predicted molar refractivity (Wildman–Crippen MR) is 76.9 cm³/mol. The summed E-state index contributed by atoms with van der Waals surface area (Å²) in [6.45, 7) is 3.46. The standard InChI is InChI=1S/C13H14F6O5S2/c1-3-8(2)9-4-6-10(7-5-9)25(20,21)12(16,17)11(14,15)13(18,19)26(22,23)24/h4-8H,3H2,1-2H3,(H,22,23,24)/p-1. The lowest BCUT2D eigenvalue weighted by Crippen LogP contribution is -2.60. The number of hydrogen-bond acceptors (Lipinski definition) is 5. The predicted octanol–water partition coefficient (Wildman–Crippen LogP) is 3.34. The van der Waals surface area contributed by atoms with E-state index in [1.807, 2.05) is 0 Å². The zero-order valence-electron chi connectivity index (χ0n) is 13.2. The van der Waals surface area contributed by atoms with Crippen LogP contribution in [-0.4, -0.2) is 37.8 Å². The second-order valence-electron chi connectivity index (χ2n) is 5.44. The Morgan fingerprint density at radius 1 is 0.923 bits per heavy atom. The smallest absolute Gasteiger partial charge is 0.418 e. The van der Waals surface area contributed by atoms with Gasteiger partial charge in [0.2, 0.25) is 9.84 Å². The average Bonchev–Trinajstić information content (AvgIpc) is 2.52. The monoisotopic (exact) mass is 427 g/mol. The molecule has 150 valence electrons. The van der Waals surface area contributed by atoms with E-state index >= 15 is 0 Å². The maximum absolute atomic E-state index is 13.8. The first kappa shape index (κ1) is 22.7. The molecule has 0 amide bonds. The molecule has 1 aromatic carbocycles. The second-order valence-corrected chi connectivity index (χ2v) is 8.86. The first-order valence-corrected chi connectivity index (χ1v) is 9.77. The van der Waals surface area contributed by atoms with E-state index in [9.17, 15) is 47.7 Å². The molecular formula is C13H13F6O5S2-. The van der Waals surface area contributed by atoms with Crippen LogP contribution in [0.25, 0.3) is 0 Å². The maximum atomic E-state index is 13.8. The van der Waals surface area contributed by atoms with Gasteiger partial charge in [-0.25, -0.2) is 16.8 Å². The highest BCUT2D eigenvalue weighted by Gasteiger charge is 2.80. The van der Waals surface area contributed by atoms with Crippen molar-refractivity contribution < 1.29 is 47.7 Å². The SMILES string of the molecule is CCC(C)c1ccc(S(=O)(=O)C(F)(F)C(F)(F)C(F)(F)S(=O)(=O)[O-])cc1. The van der Waals surface area contributed by atoms with Crippen molar-refractivity contribution in [3.8, 4) is 0 Å². The van der Waals surface area contributed by atoms with Crippen LogP contribution >= 0.6 is 0 Å². The molecule has 1 aromatic rings. The summed E-state index contributed by atoms with van der Waals surface area (Å²) in [5.41, 5.74) is 0.467. The topological polar surface area (TPSA) is 91.3 Å². The average molecular weight is 427 g/mol. The van der Waals surface area contributed by atoms with Gasteiger partial charge in [-0.2, -0.15) is 26.3 Å². The zero-order chi connectivity index (χ0) is 20.8. The summed E-state index contributed by atoms with van der Waals surface area (Å²) in [6.07, 6.45) is 0.577. The number of alkyl halides is 6. The van der Waals surface area contributed by atoms with Gasteiger partial charge in [0.05, 0.1) is 4.90 Å². The highest BCUT2D eigenvalue weighted by molar-refractivity contribution is 7.92. The van der Waals surface area contributed by atoms with E-state index in [4.69, 9.17) is 0 Å². The first-order chi connectivity index (χ1) is 11.4. The Morgan fingerprint density at radius 2 is 1.35 bits per heavy atom. The Hall–Kier alpha value is -1.34. The van der Waals surface area contributed by atoms with Gasteiger partial charge in [-0.05, 0) is 30.0 Å². The van der Waals surface area contributed by atoms with Gasteiger partial charge in [0.15, 0.2) is 10.1 Å². The van der Waals surface area contributed by atoms with E-state index < -0.39 is 41.3 Å². The van der Waals surface area contributed by atoms with Gasteiger partial charge in [0.25, 0.3) is 0 Å². The number of rotatable bonds is 7. The second kappa shape index (κ2) is 6.68.